The molecular weight excluding hydrogens is 444 g/mol. The fourth-order valence-electron chi connectivity index (χ4n) is 5.41. The van der Waals surface area contributed by atoms with Crippen LogP contribution in [0.25, 0.3) is 0 Å². The van der Waals surface area contributed by atoms with Crippen LogP contribution >= 0.6 is 0 Å². The Morgan fingerprint density at radius 1 is 0.889 bits per heavy atom. The van der Waals surface area contributed by atoms with E-state index in [9.17, 15) is 9.59 Å². The molecule has 1 unspecified atom stereocenters. The highest BCUT2D eigenvalue weighted by molar-refractivity contribution is 6.12. The molecule has 0 saturated carbocycles. The molecule has 0 saturated heterocycles. The van der Waals surface area contributed by atoms with E-state index < -0.39 is 6.04 Å². The van der Waals surface area contributed by atoms with Gasteiger partial charge in [-0.1, -0.05) is 89.2 Å². The van der Waals surface area contributed by atoms with Crippen molar-refractivity contribution in [2.45, 2.75) is 58.9 Å². The van der Waals surface area contributed by atoms with Crippen molar-refractivity contribution in [2.75, 3.05) is 10.2 Å². The second kappa shape index (κ2) is 8.77. The smallest absolute Gasteiger partial charge is 0.259 e. The Hall–Kier alpha value is -3.66. The highest BCUT2D eigenvalue weighted by Crippen LogP contribution is 2.48. The topological polar surface area (TPSA) is 49.4 Å². The Labute approximate surface area is 214 Å². The number of allylic oxidation sites excluding steroid dienone is 1. The summed E-state index contributed by atoms with van der Waals surface area (Å²) in [5, 5.41) is 3.58. The van der Waals surface area contributed by atoms with Crippen LogP contribution in [0.1, 0.15) is 75.0 Å². The molecule has 5 rings (SSSR count). The van der Waals surface area contributed by atoms with Crippen molar-refractivity contribution in [3.05, 3.63) is 107 Å². The summed E-state index contributed by atoms with van der Waals surface area (Å²) in [6.07, 6.45) is 1.19. The lowest BCUT2D eigenvalue weighted by Gasteiger charge is -2.37. The van der Waals surface area contributed by atoms with Gasteiger partial charge in [-0.3, -0.25) is 14.5 Å². The summed E-state index contributed by atoms with van der Waals surface area (Å²) < 4.78 is 0. The van der Waals surface area contributed by atoms with Crippen molar-refractivity contribution in [1.82, 2.24) is 0 Å². The van der Waals surface area contributed by atoms with E-state index >= 15 is 0 Å². The number of amides is 1. The molecule has 3 aromatic carbocycles. The van der Waals surface area contributed by atoms with E-state index in [0.29, 0.717) is 17.6 Å². The van der Waals surface area contributed by atoms with Gasteiger partial charge in [0.05, 0.1) is 17.4 Å². The summed E-state index contributed by atoms with van der Waals surface area (Å²) in [6, 6.07) is 25.1. The molecule has 1 atom stereocenters. The largest absolute Gasteiger partial charge is 0.357 e. The van der Waals surface area contributed by atoms with Gasteiger partial charge >= 0.3 is 0 Å². The van der Waals surface area contributed by atoms with Crippen LogP contribution in [0, 0.1) is 5.41 Å². The van der Waals surface area contributed by atoms with E-state index in [2.05, 4.69) is 64.2 Å². The van der Waals surface area contributed by atoms with E-state index in [1.807, 2.05) is 59.5 Å². The van der Waals surface area contributed by atoms with E-state index in [0.717, 1.165) is 29.1 Å². The average Bonchev–Trinajstić information content (AvgIpc) is 2.97. The number of nitrogens with one attached hydrogen (secondary N) is 1. The lowest BCUT2D eigenvalue weighted by molar-refractivity contribution is -0.118. The summed E-state index contributed by atoms with van der Waals surface area (Å²) in [7, 11) is 0. The maximum Gasteiger partial charge on any atom is 0.259 e. The second-order valence-corrected chi connectivity index (χ2v) is 11.8. The number of anilines is 2. The van der Waals surface area contributed by atoms with E-state index in [4.69, 9.17) is 0 Å². The Kier molecular flexibility index (Phi) is 5.86. The third-order valence-corrected chi connectivity index (χ3v) is 7.23. The van der Waals surface area contributed by atoms with Crippen LogP contribution in [0.5, 0.6) is 0 Å². The number of fused-ring (bicyclic) bond motifs is 1. The number of carbonyl (C=O) groups is 2. The Morgan fingerprint density at radius 2 is 1.53 bits per heavy atom. The highest BCUT2D eigenvalue weighted by Gasteiger charge is 2.43. The van der Waals surface area contributed by atoms with Crippen LogP contribution in [-0.4, -0.2) is 11.7 Å². The maximum atomic E-state index is 14.2. The summed E-state index contributed by atoms with van der Waals surface area (Å²) >= 11 is 0. The van der Waals surface area contributed by atoms with Gasteiger partial charge in [0.25, 0.3) is 5.91 Å². The van der Waals surface area contributed by atoms with Gasteiger partial charge in [-0.2, -0.15) is 0 Å². The molecule has 2 aliphatic rings. The molecule has 3 aromatic rings. The lowest BCUT2D eigenvalue weighted by Crippen LogP contribution is -2.39. The molecule has 0 radical (unpaired) electrons. The molecule has 1 amide bonds. The van der Waals surface area contributed by atoms with Crippen LogP contribution in [0.3, 0.4) is 0 Å². The number of hydrogen-bond acceptors (Lipinski definition) is 3. The number of benzene rings is 3. The van der Waals surface area contributed by atoms with Gasteiger partial charge in [0.2, 0.25) is 0 Å². The molecule has 1 aliphatic heterocycles. The minimum Gasteiger partial charge on any atom is -0.357 e. The van der Waals surface area contributed by atoms with Crippen molar-refractivity contribution in [3.63, 3.8) is 0 Å². The molecule has 184 valence electrons. The maximum absolute atomic E-state index is 14.2. The van der Waals surface area contributed by atoms with Gasteiger partial charge in [0, 0.05) is 23.3 Å². The molecule has 0 bridgehead atoms. The molecule has 1 heterocycles. The number of hydrogen-bond donors (Lipinski definition) is 1. The molecule has 4 nitrogen and oxygen atoms in total. The molecule has 1 N–H and O–H groups in total. The Bertz CT molecular complexity index is 1340. The molecule has 1 aliphatic carbocycles. The first-order valence-electron chi connectivity index (χ1n) is 12.7. The minimum atomic E-state index is -0.526. The van der Waals surface area contributed by atoms with Gasteiger partial charge in [0.1, 0.15) is 0 Å². The Balaban J connectivity index is 1.77. The second-order valence-electron chi connectivity index (χ2n) is 11.8. The van der Waals surface area contributed by atoms with Crippen LogP contribution in [0.2, 0.25) is 0 Å². The molecule has 0 aromatic heterocycles. The average molecular weight is 479 g/mol. The van der Waals surface area contributed by atoms with Crippen molar-refractivity contribution < 1.29 is 9.59 Å². The summed E-state index contributed by atoms with van der Waals surface area (Å²) in [5.41, 5.74) is 5.81. The predicted octanol–water partition coefficient (Wildman–Crippen LogP) is 7.44. The quantitative estimate of drug-likeness (QED) is 0.416. The number of carbonyl (C=O) groups excluding carboxylic acids is 2. The third kappa shape index (κ3) is 4.37. The monoisotopic (exact) mass is 478 g/mol. The van der Waals surface area contributed by atoms with Crippen LogP contribution in [-0.2, 0) is 10.2 Å². The van der Waals surface area contributed by atoms with Crippen molar-refractivity contribution in [1.29, 1.82) is 0 Å². The van der Waals surface area contributed by atoms with Crippen LogP contribution < -0.4 is 10.2 Å². The normalized spacial score (nSPS) is 19.2. The number of rotatable bonds is 2. The Morgan fingerprint density at radius 3 is 2.19 bits per heavy atom. The zero-order valence-corrected chi connectivity index (χ0v) is 21.8. The fourth-order valence-corrected chi connectivity index (χ4v) is 5.41. The molecule has 0 fully saturated rings. The molecule has 0 spiro atoms. The highest BCUT2D eigenvalue weighted by atomic mass is 16.2. The van der Waals surface area contributed by atoms with Gasteiger partial charge in [0.15, 0.2) is 5.78 Å². The van der Waals surface area contributed by atoms with E-state index in [-0.39, 0.29) is 22.5 Å². The van der Waals surface area contributed by atoms with E-state index in [1.54, 1.807) is 0 Å². The van der Waals surface area contributed by atoms with Gasteiger partial charge in [-0.15, -0.1) is 0 Å². The SMILES string of the molecule is CC1(C)CC(=O)C2=C(C1)Nc1ccccc1N(C(=O)c1ccccc1)C2c1ccc(C(C)(C)C)cc1. The number of para-hydroxylation sites is 2. The van der Waals surface area contributed by atoms with Crippen molar-refractivity contribution in [3.8, 4) is 0 Å². The van der Waals surface area contributed by atoms with Crippen LogP contribution in [0.15, 0.2) is 90.1 Å². The number of Topliss-reactive ketones (excluding diaryl/α,β-unsaturated/α-hetero) is 1. The predicted molar refractivity (Wildman–Crippen MR) is 146 cm³/mol. The van der Waals surface area contributed by atoms with Crippen molar-refractivity contribution >= 4 is 23.1 Å². The van der Waals surface area contributed by atoms with Gasteiger partial charge in [-0.05, 0) is 52.6 Å². The van der Waals surface area contributed by atoms with Crippen LogP contribution in [0.4, 0.5) is 11.4 Å². The van der Waals surface area contributed by atoms with E-state index in [1.165, 1.54) is 5.56 Å². The summed E-state index contributed by atoms with van der Waals surface area (Å²) in [5.74, 6) is -0.0292. The standard InChI is InChI=1S/C32H34N2O2/c1-31(2,3)23-17-15-21(16-18-23)29-28-25(19-32(4,5)20-27(28)35)33-24-13-9-10-14-26(24)34(29)30(36)22-11-7-6-8-12-22/h6-18,29,33H,19-20H2,1-5H3. The lowest BCUT2D eigenvalue weighted by atomic mass is 9.73. The molecule has 36 heavy (non-hydrogen) atoms. The summed E-state index contributed by atoms with van der Waals surface area (Å²) in [4.78, 5) is 29.8. The zero-order valence-electron chi connectivity index (χ0n) is 21.8. The molecule has 4 heteroatoms. The minimum absolute atomic E-state index is 0.00476. The number of ketones is 1. The van der Waals surface area contributed by atoms with Gasteiger partial charge in [-0.25, -0.2) is 0 Å². The fraction of sp³-hybridized carbons (Fsp3) is 0.312. The zero-order chi connectivity index (χ0) is 25.7. The molecular formula is C32H34N2O2. The first-order valence-corrected chi connectivity index (χ1v) is 12.7. The summed E-state index contributed by atoms with van der Waals surface area (Å²) in [6.45, 7) is 10.8. The number of nitrogens with zero attached hydrogens (tertiary/aromatic N) is 1. The van der Waals surface area contributed by atoms with Gasteiger partial charge < -0.3 is 5.32 Å². The first kappa shape index (κ1) is 24.1. The third-order valence-electron chi connectivity index (χ3n) is 7.23. The van der Waals surface area contributed by atoms with Crippen molar-refractivity contribution in [2.24, 2.45) is 5.41 Å². The first-order chi connectivity index (χ1) is 17.0.